The molecule has 1 aliphatic rings. The average Bonchev–Trinajstić information content (AvgIpc) is 2.82. The zero-order valence-electron chi connectivity index (χ0n) is 8.99. The summed E-state index contributed by atoms with van der Waals surface area (Å²) in [6.07, 6.45) is 2.59. The highest BCUT2D eigenvalue weighted by Crippen LogP contribution is 2.18. The Morgan fingerprint density at radius 2 is 2.25 bits per heavy atom. The molecule has 0 spiro atoms. The lowest BCUT2D eigenvalue weighted by atomic mass is 10.1. The number of hydrogen-bond donors (Lipinski definition) is 2. The van der Waals surface area contributed by atoms with Gasteiger partial charge in [-0.2, -0.15) is 15.4 Å². The van der Waals surface area contributed by atoms with Gasteiger partial charge in [0.2, 0.25) is 0 Å². The summed E-state index contributed by atoms with van der Waals surface area (Å²) in [6, 6.07) is 0. The highest BCUT2D eigenvalue weighted by atomic mass is 15.3. The van der Waals surface area contributed by atoms with Crippen LogP contribution in [0.1, 0.15) is 17.0 Å². The van der Waals surface area contributed by atoms with Gasteiger partial charge in [-0.3, -0.25) is 0 Å². The maximum Gasteiger partial charge on any atom is 0.182 e. The number of fused-ring (bicyclic) bond motifs is 1. The van der Waals surface area contributed by atoms with Crippen molar-refractivity contribution in [1.29, 1.82) is 0 Å². The largest absolute Gasteiger partial charge is 0.312 e. The molecule has 0 bridgehead atoms. The predicted molar refractivity (Wildman–Crippen MR) is 57.6 cm³/mol. The lowest BCUT2D eigenvalue weighted by Crippen LogP contribution is -2.26. The predicted octanol–water partition coefficient (Wildman–Crippen LogP) is 0.216. The number of rotatable bonds is 1. The first-order valence-corrected chi connectivity index (χ1v) is 5.28. The van der Waals surface area contributed by atoms with Crippen molar-refractivity contribution in [1.82, 2.24) is 30.7 Å². The van der Waals surface area contributed by atoms with E-state index < -0.39 is 0 Å². The van der Waals surface area contributed by atoms with Crippen molar-refractivity contribution < 1.29 is 0 Å². The van der Waals surface area contributed by atoms with Gasteiger partial charge in [-0.1, -0.05) is 0 Å². The molecule has 0 fully saturated rings. The third kappa shape index (κ3) is 1.47. The summed E-state index contributed by atoms with van der Waals surface area (Å²) in [5.74, 6) is 0.659. The third-order valence-corrected chi connectivity index (χ3v) is 2.78. The van der Waals surface area contributed by atoms with E-state index in [-0.39, 0.29) is 0 Å². The highest BCUT2D eigenvalue weighted by molar-refractivity contribution is 5.48. The smallest absolute Gasteiger partial charge is 0.182 e. The van der Waals surface area contributed by atoms with Crippen molar-refractivity contribution in [2.45, 2.75) is 19.9 Å². The van der Waals surface area contributed by atoms with Crippen molar-refractivity contribution in [3.63, 3.8) is 0 Å². The van der Waals surface area contributed by atoms with Gasteiger partial charge in [0.15, 0.2) is 5.82 Å². The Hall–Kier alpha value is -1.82. The fraction of sp³-hybridized carbons (Fsp3) is 0.400. The van der Waals surface area contributed by atoms with E-state index in [4.69, 9.17) is 0 Å². The monoisotopic (exact) mass is 216 g/mol. The van der Waals surface area contributed by atoms with Gasteiger partial charge in [-0.05, 0) is 6.92 Å². The van der Waals surface area contributed by atoms with E-state index in [0.717, 1.165) is 30.9 Å². The van der Waals surface area contributed by atoms with Crippen LogP contribution in [-0.4, -0.2) is 31.9 Å². The summed E-state index contributed by atoms with van der Waals surface area (Å²) in [4.78, 5) is 9.00. The second-order valence-electron chi connectivity index (χ2n) is 3.84. The molecule has 0 atom stereocenters. The van der Waals surface area contributed by atoms with Gasteiger partial charge in [0, 0.05) is 30.8 Å². The van der Waals surface area contributed by atoms with Crippen molar-refractivity contribution in [3.8, 4) is 11.5 Å². The van der Waals surface area contributed by atoms with Gasteiger partial charge < -0.3 is 5.32 Å². The number of H-pyrrole nitrogens is 1. The number of aromatic amines is 1. The van der Waals surface area contributed by atoms with Crippen LogP contribution < -0.4 is 5.32 Å². The molecular formula is C10H12N6. The molecule has 0 saturated heterocycles. The molecular weight excluding hydrogens is 204 g/mol. The SMILES string of the molecule is Cc1nc(-c2cn[nH]n2)nc2c1CNCC2. The van der Waals surface area contributed by atoms with Gasteiger partial charge >= 0.3 is 0 Å². The Balaban J connectivity index is 2.12. The molecule has 3 heterocycles. The average molecular weight is 216 g/mol. The summed E-state index contributed by atoms with van der Waals surface area (Å²) in [6.45, 7) is 3.85. The summed E-state index contributed by atoms with van der Waals surface area (Å²) < 4.78 is 0. The van der Waals surface area contributed by atoms with E-state index >= 15 is 0 Å². The number of aromatic nitrogens is 5. The quantitative estimate of drug-likeness (QED) is 0.712. The van der Waals surface area contributed by atoms with Gasteiger partial charge in [-0.15, -0.1) is 0 Å². The molecule has 6 nitrogen and oxygen atoms in total. The molecule has 2 N–H and O–H groups in total. The first kappa shape index (κ1) is 9.41. The van der Waals surface area contributed by atoms with Crippen LogP contribution >= 0.6 is 0 Å². The van der Waals surface area contributed by atoms with Crippen LogP contribution in [0.25, 0.3) is 11.5 Å². The minimum atomic E-state index is 0.659. The molecule has 0 saturated carbocycles. The number of nitrogens with one attached hydrogen (secondary N) is 2. The minimum Gasteiger partial charge on any atom is -0.312 e. The molecule has 0 unspecified atom stereocenters. The lowest BCUT2D eigenvalue weighted by molar-refractivity contribution is 0.621. The van der Waals surface area contributed by atoms with Crippen LogP contribution in [0.15, 0.2) is 6.20 Å². The molecule has 6 heteroatoms. The lowest BCUT2D eigenvalue weighted by Gasteiger charge is -2.18. The third-order valence-electron chi connectivity index (χ3n) is 2.78. The van der Waals surface area contributed by atoms with E-state index in [1.54, 1.807) is 6.20 Å². The summed E-state index contributed by atoms with van der Waals surface area (Å²) >= 11 is 0. The Kier molecular flexibility index (Phi) is 2.14. The van der Waals surface area contributed by atoms with E-state index in [1.165, 1.54) is 5.56 Å². The van der Waals surface area contributed by atoms with Crippen molar-refractivity contribution in [3.05, 3.63) is 23.1 Å². The standard InChI is InChI=1S/C10H12N6/c1-6-7-4-11-3-2-8(7)14-10(13-6)9-5-12-16-15-9/h5,11H,2-4H2,1H3,(H,12,15,16). The number of aryl methyl sites for hydroxylation is 1. The molecule has 1 aliphatic heterocycles. The first-order valence-electron chi connectivity index (χ1n) is 5.28. The van der Waals surface area contributed by atoms with Gasteiger partial charge in [0.1, 0.15) is 5.69 Å². The van der Waals surface area contributed by atoms with E-state index in [1.807, 2.05) is 6.92 Å². The second-order valence-corrected chi connectivity index (χ2v) is 3.84. The van der Waals surface area contributed by atoms with Crippen molar-refractivity contribution >= 4 is 0 Å². The van der Waals surface area contributed by atoms with Crippen LogP contribution in [0, 0.1) is 6.92 Å². The van der Waals surface area contributed by atoms with E-state index in [9.17, 15) is 0 Å². The first-order chi connectivity index (χ1) is 7.84. The molecule has 0 aliphatic carbocycles. The fourth-order valence-corrected chi connectivity index (χ4v) is 1.94. The van der Waals surface area contributed by atoms with Crippen LogP contribution in [0.4, 0.5) is 0 Å². The van der Waals surface area contributed by atoms with Crippen LogP contribution in [-0.2, 0) is 13.0 Å². The molecule has 2 aromatic rings. The summed E-state index contributed by atoms with van der Waals surface area (Å²) in [7, 11) is 0. The van der Waals surface area contributed by atoms with Crippen LogP contribution in [0.3, 0.4) is 0 Å². The molecule has 0 aromatic carbocycles. The van der Waals surface area contributed by atoms with Gasteiger partial charge in [0.05, 0.1) is 11.9 Å². The Morgan fingerprint density at radius 3 is 3.06 bits per heavy atom. The Bertz CT molecular complexity index is 504. The fourth-order valence-electron chi connectivity index (χ4n) is 1.94. The van der Waals surface area contributed by atoms with Gasteiger partial charge in [-0.25, -0.2) is 9.97 Å². The molecule has 0 radical (unpaired) electrons. The Morgan fingerprint density at radius 1 is 1.31 bits per heavy atom. The minimum absolute atomic E-state index is 0.659. The van der Waals surface area contributed by atoms with E-state index in [0.29, 0.717) is 11.5 Å². The molecule has 3 rings (SSSR count). The molecule has 0 amide bonds. The van der Waals surface area contributed by atoms with Crippen LogP contribution in [0.2, 0.25) is 0 Å². The molecule has 82 valence electrons. The molecule has 16 heavy (non-hydrogen) atoms. The van der Waals surface area contributed by atoms with Crippen LogP contribution in [0.5, 0.6) is 0 Å². The topological polar surface area (TPSA) is 79.4 Å². The maximum atomic E-state index is 4.54. The maximum absolute atomic E-state index is 4.54. The normalized spacial score (nSPS) is 14.8. The van der Waals surface area contributed by atoms with Crippen molar-refractivity contribution in [2.75, 3.05) is 6.54 Å². The summed E-state index contributed by atoms with van der Waals surface area (Å²) in [5, 5.41) is 13.7. The van der Waals surface area contributed by atoms with E-state index in [2.05, 4.69) is 30.7 Å². The highest BCUT2D eigenvalue weighted by Gasteiger charge is 2.16. The van der Waals surface area contributed by atoms with Gasteiger partial charge in [0.25, 0.3) is 0 Å². The summed E-state index contributed by atoms with van der Waals surface area (Å²) in [5.41, 5.74) is 4.07. The zero-order chi connectivity index (χ0) is 11.0. The number of nitrogens with zero attached hydrogens (tertiary/aromatic N) is 4. The molecule has 2 aromatic heterocycles. The Labute approximate surface area is 92.5 Å². The number of hydrogen-bond acceptors (Lipinski definition) is 5. The second kappa shape index (κ2) is 3.64. The van der Waals surface area contributed by atoms with Crippen molar-refractivity contribution in [2.24, 2.45) is 0 Å². The zero-order valence-corrected chi connectivity index (χ0v) is 8.99.